The van der Waals surface area contributed by atoms with E-state index >= 15 is 0 Å². The van der Waals surface area contributed by atoms with Crippen LogP contribution < -0.4 is 5.32 Å². The molecule has 0 aromatic carbocycles. The summed E-state index contributed by atoms with van der Waals surface area (Å²) in [5, 5.41) is 3.93. The highest BCUT2D eigenvalue weighted by molar-refractivity contribution is 6.29. The molecule has 1 aliphatic heterocycles. The maximum Gasteiger partial charge on any atom is 0.193 e. The van der Waals surface area contributed by atoms with Gasteiger partial charge in [0.05, 0.1) is 6.10 Å². The highest BCUT2D eigenvalue weighted by Crippen LogP contribution is 2.14. The molecule has 146 valence electrons. The molecule has 1 N–H and O–H groups in total. The molecule has 2 rings (SSSR count). The first kappa shape index (κ1) is 20.9. The fraction of sp³-hybridized carbons (Fsp3) is 0.684. The molecule has 1 saturated heterocycles. The van der Waals surface area contributed by atoms with E-state index in [1.165, 1.54) is 0 Å². The van der Waals surface area contributed by atoms with Gasteiger partial charge in [-0.05, 0) is 44.2 Å². The molecule has 0 saturated carbocycles. The van der Waals surface area contributed by atoms with E-state index in [1.54, 1.807) is 7.11 Å². The van der Waals surface area contributed by atoms with E-state index in [0.29, 0.717) is 11.3 Å². The number of aromatic nitrogens is 1. The number of piperidine rings is 1. The second-order valence-electron chi connectivity index (χ2n) is 6.38. The number of likely N-dealkylation sites (tertiary alicyclic amines) is 1. The van der Waals surface area contributed by atoms with E-state index in [2.05, 4.69) is 22.1 Å². The van der Waals surface area contributed by atoms with Crippen molar-refractivity contribution in [2.45, 2.75) is 38.7 Å². The number of ether oxygens (including phenoxy) is 2. The minimum atomic E-state index is 0.353. The Morgan fingerprint density at radius 1 is 1.35 bits per heavy atom. The summed E-state index contributed by atoms with van der Waals surface area (Å²) < 4.78 is 11.0. The standard InChI is InChI=1S/C19H31ClN4O2/c1-3-21-19(22-10-7-16-5-6-18(20)23-15-16)24-11-8-17(9-12-24)26-14-4-13-25-2/h5-6,15,17H,3-4,7-14H2,1-2H3,(H,21,22). The predicted octanol–water partition coefficient (Wildman–Crippen LogP) is 2.76. The van der Waals surface area contributed by atoms with Crippen LogP contribution in [-0.4, -0.2) is 68.4 Å². The minimum absolute atomic E-state index is 0.353. The van der Waals surface area contributed by atoms with Crippen LogP contribution in [0.15, 0.2) is 23.3 Å². The van der Waals surface area contributed by atoms with Gasteiger partial charge in [0.25, 0.3) is 0 Å². The van der Waals surface area contributed by atoms with Crippen LogP contribution >= 0.6 is 11.6 Å². The summed E-state index contributed by atoms with van der Waals surface area (Å²) in [5.74, 6) is 0.993. The summed E-state index contributed by atoms with van der Waals surface area (Å²) in [4.78, 5) is 11.2. The van der Waals surface area contributed by atoms with Crippen molar-refractivity contribution in [3.63, 3.8) is 0 Å². The molecule has 26 heavy (non-hydrogen) atoms. The third-order valence-corrected chi connectivity index (χ3v) is 4.60. The van der Waals surface area contributed by atoms with E-state index in [9.17, 15) is 0 Å². The Hall–Kier alpha value is -1.37. The number of guanidine groups is 1. The van der Waals surface area contributed by atoms with Gasteiger partial charge in [0.2, 0.25) is 0 Å². The molecule has 0 atom stereocenters. The molecule has 1 fully saturated rings. The summed E-state index contributed by atoms with van der Waals surface area (Å²) >= 11 is 5.83. The third kappa shape index (κ3) is 7.48. The zero-order valence-electron chi connectivity index (χ0n) is 15.9. The van der Waals surface area contributed by atoms with E-state index in [4.69, 9.17) is 26.1 Å². The Balaban J connectivity index is 1.77. The Labute approximate surface area is 161 Å². The normalized spacial score (nSPS) is 16.1. The van der Waals surface area contributed by atoms with Gasteiger partial charge in [-0.1, -0.05) is 17.7 Å². The SMILES string of the molecule is CCNC(=NCCc1ccc(Cl)nc1)N1CCC(OCCCOC)CC1. The molecule has 0 amide bonds. The molecule has 0 unspecified atom stereocenters. The molecule has 6 nitrogen and oxygen atoms in total. The van der Waals surface area contributed by atoms with Crippen LogP contribution in [-0.2, 0) is 15.9 Å². The summed E-state index contributed by atoms with van der Waals surface area (Å²) in [5.41, 5.74) is 1.15. The number of methoxy groups -OCH3 is 1. The molecule has 1 aromatic rings. The van der Waals surface area contributed by atoms with E-state index in [1.807, 2.05) is 18.3 Å². The Morgan fingerprint density at radius 3 is 2.81 bits per heavy atom. The van der Waals surface area contributed by atoms with Crippen LogP contribution in [0.4, 0.5) is 0 Å². The van der Waals surface area contributed by atoms with Crippen molar-refractivity contribution < 1.29 is 9.47 Å². The lowest BCUT2D eigenvalue weighted by Gasteiger charge is -2.34. The van der Waals surface area contributed by atoms with Gasteiger partial charge in [-0.2, -0.15) is 0 Å². The van der Waals surface area contributed by atoms with E-state index in [0.717, 1.165) is 76.6 Å². The quantitative estimate of drug-likeness (QED) is 0.308. The van der Waals surface area contributed by atoms with Gasteiger partial charge in [-0.3, -0.25) is 4.99 Å². The fourth-order valence-electron chi connectivity index (χ4n) is 2.96. The Bertz CT molecular complexity index is 531. The number of hydrogen-bond donors (Lipinski definition) is 1. The Kier molecular flexibility index (Phi) is 9.74. The van der Waals surface area contributed by atoms with Crippen molar-refractivity contribution in [2.75, 3.05) is 46.5 Å². The highest BCUT2D eigenvalue weighted by Gasteiger charge is 2.21. The summed E-state index contributed by atoms with van der Waals surface area (Å²) in [6.07, 6.45) is 6.07. The highest BCUT2D eigenvalue weighted by atomic mass is 35.5. The number of aliphatic imine (C=N–C) groups is 1. The number of pyridine rings is 1. The molecule has 1 aromatic heterocycles. The number of hydrogen-bond acceptors (Lipinski definition) is 4. The van der Waals surface area contributed by atoms with Gasteiger partial charge in [0, 0.05) is 52.7 Å². The van der Waals surface area contributed by atoms with Gasteiger partial charge in [0.15, 0.2) is 5.96 Å². The molecule has 0 radical (unpaired) electrons. The zero-order chi connectivity index (χ0) is 18.6. The van der Waals surface area contributed by atoms with Crippen LogP contribution in [0.3, 0.4) is 0 Å². The smallest absolute Gasteiger partial charge is 0.193 e. The van der Waals surface area contributed by atoms with Crippen molar-refractivity contribution >= 4 is 17.6 Å². The number of nitrogens with one attached hydrogen (secondary N) is 1. The predicted molar refractivity (Wildman–Crippen MR) is 106 cm³/mol. The van der Waals surface area contributed by atoms with Crippen LogP contribution in [0, 0.1) is 0 Å². The Morgan fingerprint density at radius 2 is 2.15 bits per heavy atom. The molecular formula is C19H31ClN4O2. The van der Waals surface area contributed by atoms with Crippen LogP contribution in [0.2, 0.25) is 5.15 Å². The van der Waals surface area contributed by atoms with E-state index < -0.39 is 0 Å². The van der Waals surface area contributed by atoms with Gasteiger partial charge < -0.3 is 19.7 Å². The molecule has 7 heteroatoms. The van der Waals surface area contributed by atoms with Gasteiger partial charge in [-0.15, -0.1) is 0 Å². The van der Waals surface area contributed by atoms with Crippen molar-refractivity contribution in [1.29, 1.82) is 0 Å². The molecule has 0 bridgehead atoms. The first-order valence-corrected chi connectivity index (χ1v) is 9.85. The van der Waals surface area contributed by atoms with Crippen molar-refractivity contribution in [3.05, 3.63) is 29.0 Å². The monoisotopic (exact) mass is 382 g/mol. The molecule has 2 heterocycles. The topological polar surface area (TPSA) is 59.0 Å². The lowest BCUT2D eigenvalue weighted by atomic mass is 10.1. The number of halogens is 1. The lowest BCUT2D eigenvalue weighted by Crippen LogP contribution is -2.47. The summed E-state index contributed by atoms with van der Waals surface area (Å²) in [6.45, 7) is 7.20. The average Bonchev–Trinajstić information content (AvgIpc) is 2.67. The molecule has 1 aliphatic rings. The van der Waals surface area contributed by atoms with Gasteiger partial charge >= 0.3 is 0 Å². The maximum atomic E-state index is 5.94. The van der Waals surface area contributed by atoms with Crippen LogP contribution in [0.5, 0.6) is 0 Å². The van der Waals surface area contributed by atoms with Crippen molar-refractivity contribution in [3.8, 4) is 0 Å². The largest absolute Gasteiger partial charge is 0.385 e. The van der Waals surface area contributed by atoms with Crippen LogP contribution in [0.25, 0.3) is 0 Å². The van der Waals surface area contributed by atoms with Gasteiger partial charge in [-0.25, -0.2) is 4.98 Å². The van der Waals surface area contributed by atoms with Crippen LogP contribution in [0.1, 0.15) is 31.7 Å². The molecule has 0 spiro atoms. The summed E-state index contributed by atoms with van der Waals surface area (Å²) in [7, 11) is 1.73. The number of rotatable bonds is 9. The first-order chi connectivity index (χ1) is 12.7. The van der Waals surface area contributed by atoms with E-state index in [-0.39, 0.29) is 0 Å². The molecular weight excluding hydrogens is 352 g/mol. The first-order valence-electron chi connectivity index (χ1n) is 9.47. The molecule has 0 aliphatic carbocycles. The second-order valence-corrected chi connectivity index (χ2v) is 6.77. The fourth-order valence-corrected chi connectivity index (χ4v) is 3.07. The summed E-state index contributed by atoms with van der Waals surface area (Å²) in [6, 6.07) is 3.83. The lowest BCUT2D eigenvalue weighted by molar-refractivity contribution is 0.00991. The third-order valence-electron chi connectivity index (χ3n) is 4.37. The zero-order valence-corrected chi connectivity index (χ0v) is 16.7. The van der Waals surface area contributed by atoms with Crippen molar-refractivity contribution in [1.82, 2.24) is 15.2 Å². The maximum absolute atomic E-state index is 5.94. The minimum Gasteiger partial charge on any atom is -0.385 e. The second kappa shape index (κ2) is 12.1. The van der Waals surface area contributed by atoms with Crippen molar-refractivity contribution in [2.24, 2.45) is 4.99 Å². The number of nitrogens with zero attached hydrogens (tertiary/aromatic N) is 3. The average molecular weight is 383 g/mol. The van der Waals surface area contributed by atoms with Gasteiger partial charge in [0.1, 0.15) is 5.15 Å².